The van der Waals surface area contributed by atoms with Crippen molar-refractivity contribution < 1.29 is 23.7 Å². The van der Waals surface area contributed by atoms with Crippen molar-refractivity contribution in [3.63, 3.8) is 0 Å². The van der Waals surface area contributed by atoms with Gasteiger partial charge >= 0.3 is 0 Å². The van der Waals surface area contributed by atoms with Crippen LogP contribution >= 0.6 is 0 Å². The Labute approximate surface area is 245 Å². The van der Waals surface area contributed by atoms with Gasteiger partial charge in [-0.05, 0) is 51.5 Å². The lowest BCUT2D eigenvalue weighted by Gasteiger charge is -2.48. The molecule has 9 heteroatoms. The van der Waals surface area contributed by atoms with E-state index >= 15 is 0 Å². The van der Waals surface area contributed by atoms with Gasteiger partial charge in [0, 0.05) is 4.91 Å². The lowest BCUT2D eigenvalue weighted by Crippen LogP contribution is -2.68. The van der Waals surface area contributed by atoms with Crippen LogP contribution in [0.5, 0.6) is 0 Å². The van der Waals surface area contributed by atoms with Gasteiger partial charge in [0.25, 0.3) is 8.32 Å². The molecule has 5 rings (SSSR count). The fourth-order valence-electron chi connectivity index (χ4n) is 7.22. The van der Waals surface area contributed by atoms with Crippen molar-refractivity contribution in [2.75, 3.05) is 6.61 Å². The summed E-state index contributed by atoms with van der Waals surface area (Å²) in [5.41, 5.74) is 9.38. The molecule has 3 aliphatic heterocycles. The Morgan fingerprint density at radius 2 is 1.49 bits per heavy atom. The molecule has 5 unspecified atom stereocenters. The lowest BCUT2D eigenvalue weighted by atomic mass is 9.84. The fraction of sp³-hybridized carbons (Fsp3) is 0.625. The molecule has 222 valence electrons. The highest BCUT2D eigenvalue weighted by Crippen LogP contribution is 2.43. The Bertz CT molecular complexity index is 1170. The Morgan fingerprint density at radius 3 is 2.05 bits per heavy atom. The highest BCUT2D eigenvalue weighted by molar-refractivity contribution is 6.99. The third-order valence-electron chi connectivity index (χ3n) is 9.79. The first-order chi connectivity index (χ1) is 19.6. The number of rotatable bonds is 8. The molecule has 2 bridgehead atoms. The number of aliphatic hydroxyl groups is 1. The number of aliphatic hydroxyl groups excluding tert-OH is 1. The van der Waals surface area contributed by atoms with Crippen LogP contribution in [0.15, 0.2) is 65.8 Å². The molecule has 10 atom stereocenters. The predicted molar refractivity (Wildman–Crippen MR) is 161 cm³/mol. The lowest BCUT2D eigenvalue weighted by molar-refractivity contribution is -0.291. The zero-order chi connectivity index (χ0) is 29.4. The molecule has 0 aliphatic carbocycles. The summed E-state index contributed by atoms with van der Waals surface area (Å²) in [4.78, 5) is 3.09. The van der Waals surface area contributed by atoms with Crippen molar-refractivity contribution in [1.29, 1.82) is 0 Å². The molecule has 2 aromatic carbocycles. The molecule has 3 aliphatic rings. The second-order valence-corrected chi connectivity index (χ2v) is 17.5. The predicted octanol–water partition coefficient (Wildman–Crippen LogP) is 5.18. The Hall–Kier alpha value is -2.23. The van der Waals surface area contributed by atoms with E-state index < -0.39 is 32.9 Å². The van der Waals surface area contributed by atoms with Crippen molar-refractivity contribution in [3.8, 4) is 0 Å². The van der Waals surface area contributed by atoms with Crippen LogP contribution in [0.25, 0.3) is 10.4 Å². The summed E-state index contributed by atoms with van der Waals surface area (Å²) in [5.74, 6) is 0.244. The van der Waals surface area contributed by atoms with Gasteiger partial charge < -0.3 is 23.7 Å². The van der Waals surface area contributed by atoms with Crippen LogP contribution in [0.3, 0.4) is 0 Å². The normalized spacial score (nSPS) is 35.6. The van der Waals surface area contributed by atoms with Crippen LogP contribution in [-0.2, 0) is 18.6 Å². The summed E-state index contributed by atoms with van der Waals surface area (Å²) >= 11 is 0. The summed E-state index contributed by atoms with van der Waals surface area (Å²) in [6, 6.07) is 20.2. The van der Waals surface area contributed by atoms with Crippen LogP contribution in [0.4, 0.5) is 0 Å². The van der Waals surface area contributed by atoms with Gasteiger partial charge in [0.1, 0.15) is 6.10 Å². The summed E-state index contributed by atoms with van der Waals surface area (Å²) in [7, 11) is -2.85. The molecule has 1 N–H and O–H groups in total. The summed E-state index contributed by atoms with van der Waals surface area (Å²) in [6.45, 7) is 13.2. The number of ether oxygens (including phenoxy) is 3. The maximum absolute atomic E-state index is 11.4. The number of hydrogen-bond donors (Lipinski definition) is 1. The minimum Gasteiger partial charge on any atom is -0.405 e. The first-order valence-electron chi connectivity index (χ1n) is 15.0. The van der Waals surface area contributed by atoms with Gasteiger partial charge in [0.05, 0.1) is 37.1 Å². The number of hydrogen-bond acceptors (Lipinski definition) is 6. The van der Waals surface area contributed by atoms with Gasteiger partial charge in [-0.1, -0.05) is 107 Å². The van der Waals surface area contributed by atoms with Gasteiger partial charge in [0.15, 0.2) is 6.29 Å². The van der Waals surface area contributed by atoms with Crippen molar-refractivity contribution in [2.24, 2.45) is 22.9 Å². The van der Waals surface area contributed by atoms with E-state index in [1.54, 1.807) is 0 Å². The summed E-state index contributed by atoms with van der Waals surface area (Å²) in [5, 5.41) is 17.6. The van der Waals surface area contributed by atoms with E-state index in [9.17, 15) is 10.6 Å². The molecule has 0 aromatic heterocycles. The van der Waals surface area contributed by atoms with Gasteiger partial charge in [0.2, 0.25) is 0 Å². The molecule has 0 saturated carbocycles. The van der Waals surface area contributed by atoms with E-state index in [0.717, 1.165) is 23.2 Å². The second kappa shape index (κ2) is 12.2. The van der Waals surface area contributed by atoms with E-state index in [1.807, 2.05) is 19.1 Å². The van der Waals surface area contributed by atoms with Crippen molar-refractivity contribution in [3.05, 3.63) is 71.1 Å². The van der Waals surface area contributed by atoms with Gasteiger partial charge in [-0.2, -0.15) is 0 Å². The molecule has 3 fully saturated rings. The monoisotopic (exact) mass is 579 g/mol. The Kier molecular flexibility index (Phi) is 8.97. The van der Waals surface area contributed by atoms with Crippen LogP contribution in [0.1, 0.15) is 54.4 Å². The third-order valence-corrected chi connectivity index (χ3v) is 14.8. The Morgan fingerprint density at radius 1 is 0.902 bits per heavy atom. The average Bonchev–Trinajstić information content (AvgIpc) is 3.42. The SMILES string of the molecule is C[C@@H]1C(N=[N+]=[N-])[C@H](OC2C3CCC(O3)[C@@H](C)[C@H]2C)OC(CO[Si](c2ccccc2)(c2ccccc2)C(C)(C)C)[C@H]1O. The maximum Gasteiger partial charge on any atom is 0.261 e. The number of benzene rings is 2. The molecule has 2 aromatic rings. The van der Waals surface area contributed by atoms with Gasteiger partial charge in [-0.3, -0.25) is 0 Å². The molecule has 8 nitrogen and oxygen atoms in total. The summed E-state index contributed by atoms with van der Waals surface area (Å²) in [6.07, 6.45) is -0.289. The minimum absolute atomic E-state index is 0.00418. The number of azide groups is 1. The molecule has 0 radical (unpaired) electrons. The van der Waals surface area contributed by atoms with Gasteiger partial charge in [-0.25, -0.2) is 0 Å². The minimum atomic E-state index is -2.85. The molecule has 0 amide bonds. The van der Waals surface area contributed by atoms with E-state index in [1.165, 1.54) is 0 Å². The zero-order valence-electron chi connectivity index (χ0n) is 25.1. The van der Waals surface area contributed by atoms with E-state index in [2.05, 4.69) is 93.2 Å². The van der Waals surface area contributed by atoms with Crippen LogP contribution < -0.4 is 10.4 Å². The van der Waals surface area contributed by atoms with Crippen LogP contribution in [0.2, 0.25) is 5.04 Å². The first kappa shape index (κ1) is 30.2. The average molecular weight is 580 g/mol. The van der Waals surface area contributed by atoms with E-state index in [0.29, 0.717) is 5.92 Å². The van der Waals surface area contributed by atoms with E-state index in [-0.39, 0.29) is 41.8 Å². The molecular formula is C32H45N3O5Si. The van der Waals surface area contributed by atoms with Gasteiger partial charge in [-0.15, -0.1) is 0 Å². The molecule has 3 heterocycles. The van der Waals surface area contributed by atoms with Crippen molar-refractivity contribution in [1.82, 2.24) is 0 Å². The van der Waals surface area contributed by atoms with Crippen LogP contribution in [0, 0.1) is 17.8 Å². The molecule has 41 heavy (non-hydrogen) atoms. The standard InChI is InChI=1S/C32H45N3O5Si/c1-20-21(2)30(26-18-17-25(20)38-26)40-31-28(34-35-33)22(3)29(36)27(39-31)19-37-41(32(4,5)6,23-13-9-7-10-14-23)24-15-11-8-12-16-24/h7-16,20-22,25-31,36H,17-19H2,1-6H3/t20-,21+,22+,25?,26?,27?,28?,29-,30?,31-/m0/s1. The quantitative estimate of drug-likeness (QED) is 0.201. The highest BCUT2D eigenvalue weighted by Gasteiger charge is 2.53. The largest absolute Gasteiger partial charge is 0.405 e. The van der Waals surface area contributed by atoms with E-state index in [4.69, 9.17) is 18.6 Å². The Balaban J connectivity index is 1.44. The number of fused-ring (bicyclic) bond motifs is 2. The fourth-order valence-corrected chi connectivity index (χ4v) is 11.8. The van der Waals surface area contributed by atoms with Crippen molar-refractivity contribution >= 4 is 18.7 Å². The molecule has 0 spiro atoms. The summed E-state index contributed by atoms with van der Waals surface area (Å²) < 4.78 is 26.6. The highest BCUT2D eigenvalue weighted by atomic mass is 28.4. The molecular weight excluding hydrogens is 534 g/mol. The second-order valence-electron chi connectivity index (χ2n) is 13.2. The first-order valence-corrected chi connectivity index (χ1v) is 16.9. The van der Waals surface area contributed by atoms with Crippen LogP contribution in [-0.4, -0.2) is 62.9 Å². The molecule has 3 saturated heterocycles. The topological polar surface area (TPSA) is 106 Å². The smallest absolute Gasteiger partial charge is 0.261 e. The van der Waals surface area contributed by atoms with Crippen molar-refractivity contribution in [2.45, 2.75) is 102 Å². The third kappa shape index (κ3) is 5.61. The zero-order valence-corrected chi connectivity index (χ0v) is 26.1. The number of nitrogens with zero attached hydrogens (tertiary/aromatic N) is 3. The maximum atomic E-state index is 11.4.